The van der Waals surface area contributed by atoms with E-state index in [1.165, 1.54) is 0 Å². The average molecular weight is 407 g/mol. The van der Waals surface area contributed by atoms with E-state index in [9.17, 15) is 9.59 Å². The molecule has 8 nitrogen and oxygen atoms in total. The summed E-state index contributed by atoms with van der Waals surface area (Å²) >= 11 is 0. The number of likely N-dealkylation sites (tertiary alicyclic amines) is 1. The number of hydrogen-bond donors (Lipinski definition) is 2. The number of nitrogens with one attached hydrogen (secondary N) is 2. The number of rotatable bonds is 4. The largest absolute Gasteiger partial charge is 0.386 e. The summed E-state index contributed by atoms with van der Waals surface area (Å²) in [6, 6.07) is 11.2. The molecule has 0 saturated carbocycles. The number of carbonyl (C=O) groups is 2. The number of anilines is 1. The first-order valence-corrected chi connectivity index (χ1v) is 10.1. The topological polar surface area (TPSA) is 95.9 Å². The fraction of sp³-hybridized carbons (Fsp3) is 0.364. The van der Waals surface area contributed by atoms with Crippen LogP contribution in [0.1, 0.15) is 30.4 Å². The van der Waals surface area contributed by atoms with E-state index in [0.29, 0.717) is 31.8 Å². The van der Waals surface area contributed by atoms with Gasteiger partial charge in [-0.2, -0.15) is 0 Å². The van der Waals surface area contributed by atoms with Crippen molar-refractivity contribution in [2.24, 2.45) is 5.16 Å². The van der Waals surface area contributed by atoms with Crippen LogP contribution in [-0.2, 0) is 16.2 Å². The number of benzene rings is 1. The zero-order valence-electron chi connectivity index (χ0n) is 16.9. The van der Waals surface area contributed by atoms with Crippen molar-refractivity contribution in [3.05, 3.63) is 59.9 Å². The van der Waals surface area contributed by atoms with Crippen LogP contribution in [0, 0.1) is 6.92 Å². The second-order valence-corrected chi connectivity index (χ2v) is 7.85. The lowest BCUT2D eigenvalue weighted by Crippen LogP contribution is -2.52. The minimum Gasteiger partial charge on any atom is -0.386 e. The van der Waals surface area contributed by atoms with Crippen LogP contribution >= 0.6 is 0 Å². The van der Waals surface area contributed by atoms with Crippen LogP contribution in [0.5, 0.6) is 0 Å². The molecule has 3 amide bonds. The Morgan fingerprint density at radius 3 is 2.87 bits per heavy atom. The van der Waals surface area contributed by atoms with Crippen LogP contribution in [0.3, 0.4) is 0 Å². The lowest BCUT2D eigenvalue weighted by Gasteiger charge is -2.38. The van der Waals surface area contributed by atoms with Gasteiger partial charge >= 0.3 is 6.03 Å². The van der Waals surface area contributed by atoms with Crippen molar-refractivity contribution in [1.82, 2.24) is 15.2 Å². The van der Waals surface area contributed by atoms with Crippen LogP contribution in [0.2, 0.25) is 0 Å². The maximum Gasteiger partial charge on any atom is 0.321 e. The Bertz CT molecular complexity index is 962. The molecule has 30 heavy (non-hydrogen) atoms. The fourth-order valence-electron chi connectivity index (χ4n) is 3.84. The molecule has 2 aromatic rings. The molecule has 1 aromatic heterocycles. The smallest absolute Gasteiger partial charge is 0.321 e. The first-order valence-electron chi connectivity index (χ1n) is 10.1. The van der Waals surface area contributed by atoms with E-state index < -0.39 is 5.60 Å². The Morgan fingerprint density at radius 1 is 1.23 bits per heavy atom. The van der Waals surface area contributed by atoms with Crippen LogP contribution in [-0.4, -0.2) is 46.2 Å². The summed E-state index contributed by atoms with van der Waals surface area (Å²) in [6.45, 7) is 3.43. The molecule has 2 aliphatic heterocycles. The number of pyridine rings is 1. The summed E-state index contributed by atoms with van der Waals surface area (Å²) in [5, 5.41) is 9.85. The van der Waals surface area contributed by atoms with Gasteiger partial charge in [-0.3, -0.25) is 9.78 Å². The number of urea groups is 1. The van der Waals surface area contributed by atoms with Gasteiger partial charge in [0.2, 0.25) is 0 Å². The van der Waals surface area contributed by atoms with Crippen LogP contribution in [0.15, 0.2) is 53.9 Å². The molecule has 1 aromatic carbocycles. The summed E-state index contributed by atoms with van der Waals surface area (Å²) in [6.07, 6.45) is 5.31. The van der Waals surface area contributed by atoms with Crippen LogP contribution in [0.25, 0.3) is 0 Å². The predicted octanol–water partition coefficient (Wildman–Crippen LogP) is 2.85. The monoisotopic (exact) mass is 407 g/mol. The van der Waals surface area contributed by atoms with E-state index in [-0.39, 0.29) is 11.9 Å². The van der Waals surface area contributed by atoms with Gasteiger partial charge < -0.3 is 20.4 Å². The van der Waals surface area contributed by atoms with Gasteiger partial charge in [0, 0.05) is 37.6 Å². The number of carbonyl (C=O) groups excluding carboxylic acids is 2. The lowest BCUT2D eigenvalue weighted by atomic mass is 9.88. The third kappa shape index (κ3) is 4.59. The van der Waals surface area contributed by atoms with Gasteiger partial charge in [0.15, 0.2) is 5.60 Å². The Balaban J connectivity index is 1.33. The highest BCUT2D eigenvalue weighted by Gasteiger charge is 2.45. The average Bonchev–Trinajstić information content (AvgIpc) is 3.16. The summed E-state index contributed by atoms with van der Waals surface area (Å²) in [5.41, 5.74) is 2.54. The lowest BCUT2D eigenvalue weighted by molar-refractivity contribution is -0.115. The van der Waals surface area contributed by atoms with Crippen molar-refractivity contribution >= 4 is 23.3 Å². The summed E-state index contributed by atoms with van der Waals surface area (Å²) in [4.78, 5) is 36.6. The molecule has 2 N–H and O–H groups in total. The Hall–Kier alpha value is -3.42. The first-order chi connectivity index (χ1) is 14.5. The van der Waals surface area contributed by atoms with E-state index in [2.05, 4.69) is 20.8 Å². The molecule has 4 rings (SSSR count). The predicted molar refractivity (Wildman–Crippen MR) is 113 cm³/mol. The number of aryl methyl sites for hydroxylation is 1. The standard InChI is InChI=1S/C22H25N5O3/c1-16-4-2-5-18(12-16)25-21(29)27-11-3-8-22(15-27)13-19(26-30-22)20(28)24-14-17-6-9-23-10-7-17/h2,4-7,9-10,12H,3,8,11,13-15H2,1H3,(H,24,28)(H,25,29)/t22-/m1/s1. The minimum absolute atomic E-state index is 0.168. The second kappa shape index (κ2) is 8.52. The SMILES string of the molecule is Cc1cccc(NC(=O)N2CCC[C@@]3(CC(C(=O)NCc4ccncc4)=NO3)C2)c1. The normalized spacial score (nSPS) is 20.4. The highest BCUT2D eigenvalue weighted by molar-refractivity contribution is 6.39. The Labute approximate surface area is 175 Å². The molecule has 156 valence electrons. The molecule has 3 heterocycles. The van der Waals surface area contributed by atoms with Crippen molar-refractivity contribution in [1.29, 1.82) is 0 Å². The summed E-state index contributed by atoms with van der Waals surface area (Å²) < 4.78 is 0. The maximum absolute atomic E-state index is 12.7. The van der Waals surface area contributed by atoms with E-state index in [1.807, 2.05) is 43.3 Å². The molecule has 0 bridgehead atoms. The number of nitrogens with zero attached hydrogens (tertiary/aromatic N) is 3. The molecule has 1 fully saturated rings. The molecule has 1 spiro atoms. The molecule has 0 radical (unpaired) electrons. The van der Waals surface area contributed by atoms with Crippen molar-refractivity contribution in [3.8, 4) is 0 Å². The zero-order chi connectivity index (χ0) is 21.0. The number of piperidine rings is 1. The van der Waals surface area contributed by atoms with Gasteiger partial charge in [0.25, 0.3) is 5.91 Å². The molecule has 0 aliphatic carbocycles. The summed E-state index contributed by atoms with van der Waals surface area (Å²) in [5.74, 6) is -0.245. The number of hydrogen-bond acceptors (Lipinski definition) is 5. The van der Waals surface area contributed by atoms with Crippen LogP contribution < -0.4 is 10.6 Å². The molecule has 1 atom stereocenters. The first kappa shape index (κ1) is 19.9. The highest BCUT2D eigenvalue weighted by Crippen LogP contribution is 2.33. The van der Waals surface area contributed by atoms with E-state index in [1.54, 1.807) is 17.3 Å². The number of aromatic nitrogens is 1. The minimum atomic E-state index is -0.633. The molecule has 0 unspecified atom stereocenters. The van der Waals surface area contributed by atoms with Crippen molar-refractivity contribution in [2.45, 2.75) is 38.3 Å². The van der Waals surface area contributed by atoms with Gasteiger partial charge in [-0.25, -0.2) is 4.79 Å². The fourth-order valence-corrected chi connectivity index (χ4v) is 3.84. The second-order valence-electron chi connectivity index (χ2n) is 7.85. The Morgan fingerprint density at radius 2 is 2.07 bits per heavy atom. The third-order valence-corrected chi connectivity index (χ3v) is 5.40. The third-order valence-electron chi connectivity index (χ3n) is 5.40. The molecule has 2 aliphatic rings. The van der Waals surface area contributed by atoms with Gasteiger partial charge in [-0.15, -0.1) is 0 Å². The van der Waals surface area contributed by atoms with E-state index in [0.717, 1.165) is 29.7 Å². The number of amides is 3. The van der Waals surface area contributed by atoms with Crippen molar-refractivity contribution in [3.63, 3.8) is 0 Å². The van der Waals surface area contributed by atoms with Crippen molar-refractivity contribution in [2.75, 3.05) is 18.4 Å². The van der Waals surface area contributed by atoms with Gasteiger partial charge in [-0.1, -0.05) is 17.3 Å². The molecule has 8 heteroatoms. The van der Waals surface area contributed by atoms with Crippen molar-refractivity contribution < 1.29 is 14.4 Å². The molecule has 1 saturated heterocycles. The van der Waals surface area contributed by atoms with Crippen LogP contribution in [0.4, 0.5) is 10.5 Å². The van der Waals surface area contributed by atoms with Gasteiger partial charge in [-0.05, 0) is 55.2 Å². The number of oxime groups is 1. The van der Waals surface area contributed by atoms with E-state index in [4.69, 9.17) is 4.84 Å². The maximum atomic E-state index is 12.7. The quantitative estimate of drug-likeness (QED) is 0.815. The van der Waals surface area contributed by atoms with E-state index >= 15 is 0 Å². The van der Waals surface area contributed by atoms with Gasteiger partial charge in [0.1, 0.15) is 5.71 Å². The molecular weight excluding hydrogens is 382 g/mol. The van der Waals surface area contributed by atoms with Gasteiger partial charge in [0.05, 0.1) is 6.54 Å². The molecular formula is C22H25N5O3. The zero-order valence-corrected chi connectivity index (χ0v) is 16.9. The summed E-state index contributed by atoms with van der Waals surface area (Å²) in [7, 11) is 0. The Kier molecular flexibility index (Phi) is 5.65. The highest BCUT2D eigenvalue weighted by atomic mass is 16.7.